The van der Waals surface area contributed by atoms with Crippen molar-refractivity contribution in [3.05, 3.63) is 11.9 Å². The zero-order valence-corrected chi connectivity index (χ0v) is 13.2. The molecule has 2 fully saturated rings. The van der Waals surface area contributed by atoms with Gasteiger partial charge in [-0.15, -0.1) is 0 Å². The SMILES string of the molecule is COc1ncnc(OC)c1C(=O)N1CCN(C2CC2)C(C#N)C1. The summed E-state index contributed by atoms with van der Waals surface area (Å²) < 4.78 is 10.3. The lowest BCUT2D eigenvalue weighted by molar-refractivity contribution is 0.0542. The maximum atomic E-state index is 12.9. The highest BCUT2D eigenvalue weighted by Crippen LogP contribution is 2.31. The highest BCUT2D eigenvalue weighted by molar-refractivity contribution is 5.98. The fourth-order valence-corrected chi connectivity index (χ4v) is 2.94. The molecule has 23 heavy (non-hydrogen) atoms. The Labute approximate surface area is 134 Å². The molecular weight excluding hydrogens is 298 g/mol. The third-order valence-electron chi connectivity index (χ3n) is 4.25. The second-order valence-electron chi connectivity index (χ2n) is 5.63. The lowest BCUT2D eigenvalue weighted by Crippen LogP contribution is -2.55. The van der Waals surface area contributed by atoms with E-state index in [2.05, 4.69) is 20.9 Å². The van der Waals surface area contributed by atoms with Gasteiger partial charge in [0.2, 0.25) is 11.8 Å². The minimum atomic E-state index is -0.276. The van der Waals surface area contributed by atoms with Crippen molar-refractivity contribution < 1.29 is 14.3 Å². The van der Waals surface area contributed by atoms with Crippen molar-refractivity contribution >= 4 is 5.91 Å². The van der Waals surface area contributed by atoms with E-state index in [1.165, 1.54) is 20.5 Å². The first-order valence-corrected chi connectivity index (χ1v) is 7.57. The summed E-state index contributed by atoms with van der Waals surface area (Å²) in [5.41, 5.74) is 0.203. The third kappa shape index (κ3) is 2.92. The van der Waals surface area contributed by atoms with Gasteiger partial charge < -0.3 is 14.4 Å². The molecule has 1 unspecified atom stereocenters. The van der Waals surface area contributed by atoms with Crippen LogP contribution in [-0.4, -0.2) is 71.6 Å². The van der Waals surface area contributed by atoms with E-state index in [4.69, 9.17) is 9.47 Å². The Morgan fingerprint density at radius 2 is 1.91 bits per heavy atom. The minimum absolute atomic E-state index is 0.181. The number of carbonyl (C=O) groups is 1. The summed E-state index contributed by atoms with van der Waals surface area (Å²) in [7, 11) is 2.89. The molecule has 1 aromatic rings. The van der Waals surface area contributed by atoms with E-state index in [0.717, 1.165) is 12.8 Å². The predicted molar refractivity (Wildman–Crippen MR) is 80.2 cm³/mol. The normalized spacial score (nSPS) is 21.6. The first-order valence-electron chi connectivity index (χ1n) is 7.57. The van der Waals surface area contributed by atoms with Crippen LogP contribution in [0.3, 0.4) is 0 Å². The predicted octanol–water partition coefficient (Wildman–Crippen LogP) is 0.306. The number of nitrogens with zero attached hydrogens (tertiary/aromatic N) is 5. The average Bonchev–Trinajstić information content (AvgIpc) is 3.44. The molecule has 2 heterocycles. The zero-order chi connectivity index (χ0) is 16.4. The lowest BCUT2D eigenvalue weighted by Gasteiger charge is -2.38. The zero-order valence-electron chi connectivity index (χ0n) is 13.2. The number of carbonyl (C=O) groups excluding carboxylic acids is 1. The summed E-state index contributed by atoms with van der Waals surface area (Å²) >= 11 is 0. The molecule has 1 atom stereocenters. The van der Waals surface area contributed by atoms with Crippen LogP contribution < -0.4 is 9.47 Å². The van der Waals surface area contributed by atoms with Crippen molar-refractivity contribution in [1.29, 1.82) is 5.26 Å². The number of piperazine rings is 1. The molecule has 8 nitrogen and oxygen atoms in total. The second-order valence-corrected chi connectivity index (χ2v) is 5.63. The number of hydrogen-bond donors (Lipinski definition) is 0. The Hall–Kier alpha value is -2.40. The largest absolute Gasteiger partial charge is 0.480 e. The molecule has 0 N–H and O–H groups in total. The van der Waals surface area contributed by atoms with E-state index in [1.54, 1.807) is 4.90 Å². The van der Waals surface area contributed by atoms with Crippen LogP contribution in [-0.2, 0) is 0 Å². The van der Waals surface area contributed by atoms with Gasteiger partial charge in [0.05, 0.1) is 20.3 Å². The summed E-state index contributed by atoms with van der Waals surface area (Å²) in [5, 5.41) is 9.41. The Balaban J connectivity index is 1.82. The molecule has 8 heteroatoms. The molecule has 1 saturated heterocycles. The fourth-order valence-electron chi connectivity index (χ4n) is 2.94. The maximum absolute atomic E-state index is 12.9. The Morgan fingerprint density at radius 3 is 2.43 bits per heavy atom. The van der Waals surface area contributed by atoms with Gasteiger partial charge >= 0.3 is 0 Å². The molecule has 3 rings (SSSR count). The number of hydrogen-bond acceptors (Lipinski definition) is 7. The second kappa shape index (κ2) is 6.38. The van der Waals surface area contributed by atoms with Gasteiger partial charge in [-0.2, -0.15) is 5.26 Å². The molecule has 2 aliphatic rings. The van der Waals surface area contributed by atoms with Gasteiger partial charge in [-0.25, -0.2) is 9.97 Å². The molecule has 0 aromatic carbocycles. The van der Waals surface area contributed by atoms with Crippen LogP contribution in [0.4, 0.5) is 0 Å². The quantitative estimate of drug-likeness (QED) is 0.789. The van der Waals surface area contributed by atoms with E-state index in [1.807, 2.05) is 0 Å². The molecule has 1 amide bonds. The smallest absolute Gasteiger partial charge is 0.265 e. The average molecular weight is 317 g/mol. The molecule has 1 aliphatic heterocycles. The highest BCUT2D eigenvalue weighted by atomic mass is 16.5. The van der Waals surface area contributed by atoms with Crippen molar-refractivity contribution in [2.24, 2.45) is 0 Å². The Morgan fingerprint density at radius 1 is 1.26 bits per heavy atom. The lowest BCUT2D eigenvalue weighted by atomic mass is 10.1. The van der Waals surface area contributed by atoms with Gasteiger partial charge in [0, 0.05) is 25.7 Å². The molecule has 1 saturated carbocycles. The summed E-state index contributed by atoms with van der Waals surface area (Å²) in [4.78, 5) is 24.7. The maximum Gasteiger partial charge on any atom is 0.265 e. The fraction of sp³-hybridized carbons (Fsp3) is 0.600. The summed E-state index contributed by atoms with van der Waals surface area (Å²) in [6.07, 6.45) is 3.57. The van der Waals surface area contributed by atoms with Crippen LogP contribution in [0.2, 0.25) is 0 Å². The van der Waals surface area contributed by atoms with Crippen LogP contribution >= 0.6 is 0 Å². The number of ether oxygens (including phenoxy) is 2. The minimum Gasteiger partial charge on any atom is -0.480 e. The third-order valence-corrected chi connectivity index (χ3v) is 4.25. The van der Waals surface area contributed by atoms with E-state index in [0.29, 0.717) is 25.7 Å². The topological polar surface area (TPSA) is 91.6 Å². The van der Waals surface area contributed by atoms with Crippen molar-refractivity contribution in [2.45, 2.75) is 24.9 Å². The van der Waals surface area contributed by atoms with Crippen LogP contribution in [0.15, 0.2) is 6.33 Å². The van der Waals surface area contributed by atoms with E-state index >= 15 is 0 Å². The number of rotatable bonds is 4. The van der Waals surface area contributed by atoms with E-state index in [9.17, 15) is 10.1 Å². The number of methoxy groups -OCH3 is 2. The van der Waals surface area contributed by atoms with Crippen LogP contribution in [0, 0.1) is 11.3 Å². The monoisotopic (exact) mass is 317 g/mol. The van der Waals surface area contributed by atoms with Crippen LogP contribution in [0.5, 0.6) is 11.8 Å². The first kappa shape index (κ1) is 15.5. The number of aromatic nitrogens is 2. The van der Waals surface area contributed by atoms with Gasteiger partial charge in [0.25, 0.3) is 5.91 Å². The molecule has 0 spiro atoms. The van der Waals surface area contributed by atoms with Gasteiger partial charge in [0.1, 0.15) is 12.4 Å². The molecular formula is C15H19N5O3. The van der Waals surface area contributed by atoms with Crippen LogP contribution in [0.25, 0.3) is 0 Å². The Bertz CT molecular complexity index is 618. The molecule has 0 bridgehead atoms. The molecule has 0 radical (unpaired) electrons. The standard InChI is InChI=1S/C15H19N5O3/c1-22-13-12(14(23-2)18-9-17-13)15(21)19-5-6-20(10-3-4-10)11(7-16)8-19/h9-11H,3-6,8H2,1-2H3. The number of nitriles is 1. The summed E-state index contributed by atoms with van der Waals surface area (Å²) in [5.74, 6) is 0.0926. The van der Waals surface area contributed by atoms with E-state index < -0.39 is 0 Å². The molecule has 1 aromatic heterocycles. The van der Waals surface area contributed by atoms with E-state index in [-0.39, 0.29) is 29.3 Å². The first-order chi connectivity index (χ1) is 11.2. The summed E-state index contributed by atoms with van der Waals surface area (Å²) in [6.45, 7) is 1.63. The molecule has 1 aliphatic carbocycles. The van der Waals surface area contributed by atoms with Crippen molar-refractivity contribution in [2.75, 3.05) is 33.9 Å². The van der Waals surface area contributed by atoms with Gasteiger partial charge in [-0.1, -0.05) is 0 Å². The Kier molecular flexibility index (Phi) is 4.30. The number of amides is 1. The highest BCUT2D eigenvalue weighted by Gasteiger charge is 2.39. The van der Waals surface area contributed by atoms with Crippen molar-refractivity contribution in [3.8, 4) is 17.8 Å². The van der Waals surface area contributed by atoms with Gasteiger partial charge in [0.15, 0.2) is 5.56 Å². The van der Waals surface area contributed by atoms with Crippen LogP contribution in [0.1, 0.15) is 23.2 Å². The van der Waals surface area contributed by atoms with Crippen molar-refractivity contribution in [1.82, 2.24) is 19.8 Å². The summed E-state index contributed by atoms with van der Waals surface area (Å²) in [6, 6.07) is 2.53. The van der Waals surface area contributed by atoms with Gasteiger partial charge in [-0.3, -0.25) is 9.69 Å². The van der Waals surface area contributed by atoms with Crippen molar-refractivity contribution in [3.63, 3.8) is 0 Å². The van der Waals surface area contributed by atoms with Gasteiger partial charge in [-0.05, 0) is 12.8 Å². The molecule has 122 valence electrons.